The second-order valence-corrected chi connectivity index (χ2v) is 10.6. The van der Waals surface area contributed by atoms with E-state index in [2.05, 4.69) is 15.3 Å². The van der Waals surface area contributed by atoms with E-state index >= 15 is 0 Å². The predicted molar refractivity (Wildman–Crippen MR) is 120 cm³/mol. The Morgan fingerprint density at radius 2 is 2.16 bits per heavy atom. The zero-order valence-electron chi connectivity index (χ0n) is 17.5. The van der Waals surface area contributed by atoms with Crippen LogP contribution in [0.4, 0.5) is 15.9 Å². The maximum atomic E-state index is 14.0. The molecule has 0 unspecified atom stereocenters. The lowest BCUT2D eigenvalue weighted by Crippen LogP contribution is -2.43. The molecule has 1 fully saturated rings. The molecule has 1 saturated heterocycles. The molecule has 12 heteroatoms. The van der Waals surface area contributed by atoms with Crippen LogP contribution in [0.3, 0.4) is 0 Å². The number of aryl methyl sites for hydroxylation is 1. The van der Waals surface area contributed by atoms with Gasteiger partial charge in [0.25, 0.3) is 5.91 Å². The largest absolute Gasteiger partial charge is 0.487 e. The van der Waals surface area contributed by atoms with Crippen molar-refractivity contribution >= 4 is 49.0 Å². The molecule has 3 N–H and O–H groups in total. The summed E-state index contributed by atoms with van der Waals surface area (Å²) in [6, 6.07) is 4.05. The van der Waals surface area contributed by atoms with Gasteiger partial charge in [0.05, 0.1) is 28.8 Å². The number of ether oxygens (including phenoxy) is 1. The third-order valence-electron chi connectivity index (χ3n) is 5.25. The minimum absolute atomic E-state index is 0.193. The zero-order valence-corrected chi connectivity index (χ0v) is 19.1. The van der Waals surface area contributed by atoms with Gasteiger partial charge >= 0.3 is 0 Å². The number of hydrogen-bond donors (Lipinski definition) is 2. The molecule has 0 aliphatic carbocycles. The molecular formula is C20H22FN5O4S2. The van der Waals surface area contributed by atoms with Crippen molar-refractivity contribution in [2.45, 2.75) is 25.9 Å². The maximum Gasteiger partial charge on any atom is 0.259 e. The number of amides is 1. The van der Waals surface area contributed by atoms with Gasteiger partial charge in [0.1, 0.15) is 34.6 Å². The van der Waals surface area contributed by atoms with Crippen molar-refractivity contribution in [2.24, 2.45) is 5.73 Å². The normalized spacial score (nSPS) is 17.4. The lowest BCUT2D eigenvalue weighted by molar-refractivity contribution is 0.100. The first-order valence-corrected chi connectivity index (χ1v) is 12.5. The fourth-order valence-electron chi connectivity index (χ4n) is 3.71. The third kappa shape index (κ3) is 4.52. The third-order valence-corrected chi connectivity index (χ3v) is 7.73. The number of thiophene rings is 1. The second kappa shape index (κ2) is 8.60. The summed E-state index contributed by atoms with van der Waals surface area (Å²) in [5.74, 6) is -0.374. The fraction of sp³-hybridized carbons (Fsp3) is 0.350. The topological polar surface area (TPSA) is 128 Å². The number of anilines is 2. The average molecular weight is 480 g/mol. The molecule has 1 aliphatic rings. The van der Waals surface area contributed by atoms with E-state index in [0.717, 1.165) is 6.26 Å². The Hall–Kier alpha value is -2.83. The molecule has 1 amide bonds. The van der Waals surface area contributed by atoms with Gasteiger partial charge in [-0.1, -0.05) is 0 Å². The first-order valence-electron chi connectivity index (χ1n) is 9.85. The molecule has 1 atom stereocenters. The number of piperidine rings is 1. The van der Waals surface area contributed by atoms with Crippen molar-refractivity contribution in [3.8, 4) is 5.75 Å². The number of carbonyl (C=O) groups excluding carboxylic acids is 1. The summed E-state index contributed by atoms with van der Waals surface area (Å²) in [7, 11) is -3.34. The molecule has 32 heavy (non-hydrogen) atoms. The highest BCUT2D eigenvalue weighted by atomic mass is 32.2. The number of sulfonamides is 1. The van der Waals surface area contributed by atoms with Crippen molar-refractivity contribution in [1.29, 1.82) is 0 Å². The molecule has 0 radical (unpaired) electrons. The maximum absolute atomic E-state index is 14.0. The number of fused-ring (bicyclic) bond motifs is 1. The number of primary amides is 1. The first kappa shape index (κ1) is 22.4. The van der Waals surface area contributed by atoms with E-state index < -0.39 is 27.9 Å². The van der Waals surface area contributed by atoms with E-state index in [0.29, 0.717) is 51.5 Å². The summed E-state index contributed by atoms with van der Waals surface area (Å²) in [4.78, 5) is 21.2. The standard InChI is InChI=1S/C20H22FN5O4S2/c1-11-16-19(23-10-24-20(16)31-17(11)18(22)27)25-14-6-5-12(21)8-15(14)30-13-4-3-7-26(9-13)32(2,28)29/h5-6,8,10,13H,3-4,7,9H2,1-2H3,(H2,22,27)(H,23,24,25)/t13-/m0/s1. The smallest absolute Gasteiger partial charge is 0.259 e. The number of hydrogen-bond acceptors (Lipinski definition) is 8. The highest BCUT2D eigenvalue weighted by Gasteiger charge is 2.28. The van der Waals surface area contributed by atoms with Crippen LogP contribution in [0, 0.1) is 12.7 Å². The van der Waals surface area contributed by atoms with Gasteiger partial charge in [-0.2, -0.15) is 4.31 Å². The van der Waals surface area contributed by atoms with Crippen molar-refractivity contribution in [1.82, 2.24) is 14.3 Å². The molecule has 4 rings (SSSR count). The van der Waals surface area contributed by atoms with Crippen molar-refractivity contribution in [3.05, 3.63) is 40.8 Å². The first-order chi connectivity index (χ1) is 15.1. The van der Waals surface area contributed by atoms with E-state index in [1.807, 2.05) is 0 Å². The summed E-state index contributed by atoms with van der Waals surface area (Å²) in [5.41, 5.74) is 6.57. The molecular weight excluding hydrogens is 457 g/mol. The number of halogens is 1. The van der Waals surface area contributed by atoms with E-state index in [1.165, 1.54) is 40.2 Å². The number of rotatable bonds is 6. The zero-order chi connectivity index (χ0) is 23.0. The van der Waals surface area contributed by atoms with Crippen LogP contribution in [-0.2, 0) is 10.0 Å². The molecule has 3 heterocycles. The second-order valence-electron chi connectivity index (χ2n) is 7.59. The van der Waals surface area contributed by atoms with E-state index in [-0.39, 0.29) is 12.3 Å². The number of carbonyl (C=O) groups is 1. The Labute approximate surface area is 188 Å². The highest BCUT2D eigenvalue weighted by molar-refractivity contribution is 7.88. The molecule has 1 aliphatic heterocycles. The quantitative estimate of drug-likeness (QED) is 0.556. The van der Waals surface area contributed by atoms with E-state index in [1.54, 1.807) is 6.92 Å². The molecule has 0 bridgehead atoms. The lowest BCUT2D eigenvalue weighted by Gasteiger charge is -2.31. The molecule has 3 aromatic rings. The summed E-state index contributed by atoms with van der Waals surface area (Å²) in [6.07, 6.45) is 3.39. The van der Waals surface area contributed by atoms with Crippen LogP contribution >= 0.6 is 11.3 Å². The predicted octanol–water partition coefficient (Wildman–Crippen LogP) is 2.78. The number of benzene rings is 1. The molecule has 0 spiro atoms. The Morgan fingerprint density at radius 1 is 1.38 bits per heavy atom. The Balaban J connectivity index is 1.66. The Kier molecular flexibility index (Phi) is 6.01. The molecule has 2 aromatic heterocycles. The van der Waals surface area contributed by atoms with Gasteiger partial charge in [-0.25, -0.2) is 22.8 Å². The summed E-state index contributed by atoms with van der Waals surface area (Å²) >= 11 is 1.18. The Morgan fingerprint density at radius 3 is 2.88 bits per heavy atom. The molecule has 1 aromatic carbocycles. The summed E-state index contributed by atoms with van der Waals surface area (Å²) in [6.45, 7) is 2.39. The van der Waals surface area contributed by atoms with Gasteiger partial charge in [-0.15, -0.1) is 11.3 Å². The number of nitrogens with two attached hydrogens (primary N) is 1. The molecule has 0 saturated carbocycles. The van der Waals surface area contributed by atoms with E-state index in [4.69, 9.17) is 10.5 Å². The lowest BCUT2D eigenvalue weighted by atomic mass is 10.1. The SMILES string of the molecule is Cc1c(C(N)=O)sc2ncnc(Nc3ccc(F)cc3O[C@H]3CCCN(S(C)(=O)=O)C3)c12. The van der Waals surface area contributed by atoms with Crippen LogP contribution in [0.5, 0.6) is 5.75 Å². The average Bonchev–Trinajstić information content (AvgIpc) is 3.07. The van der Waals surface area contributed by atoms with Crippen molar-refractivity contribution in [3.63, 3.8) is 0 Å². The fourth-order valence-corrected chi connectivity index (χ4v) is 5.61. The van der Waals surface area contributed by atoms with Gasteiger partial charge < -0.3 is 15.8 Å². The van der Waals surface area contributed by atoms with Crippen LogP contribution in [0.15, 0.2) is 24.5 Å². The number of aromatic nitrogens is 2. The minimum atomic E-state index is -3.34. The minimum Gasteiger partial charge on any atom is -0.487 e. The molecule has 170 valence electrons. The van der Waals surface area contributed by atoms with Gasteiger partial charge in [-0.3, -0.25) is 4.79 Å². The van der Waals surface area contributed by atoms with Gasteiger partial charge in [0.2, 0.25) is 10.0 Å². The van der Waals surface area contributed by atoms with E-state index in [9.17, 15) is 17.6 Å². The van der Waals surface area contributed by atoms with Crippen LogP contribution < -0.4 is 15.8 Å². The Bertz CT molecular complexity index is 1290. The van der Waals surface area contributed by atoms with Crippen LogP contribution in [0.2, 0.25) is 0 Å². The van der Waals surface area contributed by atoms with Crippen molar-refractivity contribution in [2.75, 3.05) is 24.7 Å². The van der Waals surface area contributed by atoms with Crippen LogP contribution in [0.1, 0.15) is 28.1 Å². The number of nitrogens with one attached hydrogen (secondary N) is 1. The molecule has 9 nitrogen and oxygen atoms in total. The summed E-state index contributed by atoms with van der Waals surface area (Å²) in [5, 5.41) is 3.79. The van der Waals surface area contributed by atoms with Crippen LogP contribution in [-0.4, -0.2) is 54.0 Å². The van der Waals surface area contributed by atoms with Gasteiger partial charge in [-0.05, 0) is 37.5 Å². The monoisotopic (exact) mass is 479 g/mol. The summed E-state index contributed by atoms with van der Waals surface area (Å²) < 4.78 is 45.2. The van der Waals surface area contributed by atoms with Crippen LogP contribution in [0.25, 0.3) is 10.2 Å². The number of nitrogens with zero attached hydrogens (tertiary/aromatic N) is 3. The van der Waals surface area contributed by atoms with Crippen molar-refractivity contribution < 1.29 is 22.3 Å². The highest BCUT2D eigenvalue weighted by Crippen LogP contribution is 2.36. The van der Waals surface area contributed by atoms with Gasteiger partial charge in [0, 0.05) is 12.6 Å². The van der Waals surface area contributed by atoms with Gasteiger partial charge in [0.15, 0.2) is 0 Å².